The molecular weight excluding hydrogens is 183 g/mol. The quantitative estimate of drug-likeness (QED) is 0.303. The smallest absolute Gasteiger partial charge is 0.314 e. The lowest BCUT2D eigenvalue weighted by Gasteiger charge is -2.27. The predicted octanol–water partition coefficient (Wildman–Crippen LogP) is -0.912. The minimum Gasteiger partial charge on any atom is -0.314 e. The summed E-state index contributed by atoms with van der Waals surface area (Å²) in [7, 11) is -0.613. The Bertz CT molecular complexity index is 178. The van der Waals surface area contributed by atoms with Gasteiger partial charge in [-0.1, -0.05) is 0 Å². The number of hydrogen-bond acceptors (Lipinski definition) is 3. The highest BCUT2D eigenvalue weighted by molar-refractivity contribution is 7.46. The lowest BCUT2D eigenvalue weighted by molar-refractivity contribution is -0.890. The second-order valence-corrected chi connectivity index (χ2v) is 4.41. The molecule has 0 saturated carbocycles. The molecule has 0 aliphatic heterocycles. The van der Waals surface area contributed by atoms with Crippen LogP contribution in [-0.2, 0) is 9.09 Å². The minimum absolute atomic E-state index is 0.00841. The molecule has 0 aromatic rings. The maximum Gasteiger partial charge on any atom is 0.469 e. The predicted molar refractivity (Wildman–Crippen MR) is 44.0 cm³/mol. The molecule has 6 nitrogen and oxygen atoms in total. The molecular formula is C5H16N2O4P+. The standard InChI is InChI=1S/C5H15N2O4P/c1-7(2,5-6)3-4-11-12(8,9)10/h3-6H2,1-2H3,(H-,8,9,10)/p+1. The molecule has 0 radical (unpaired) electrons. The first-order valence-corrected chi connectivity index (χ1v) is 5.02. The van der Waals surface area contributed by atoms with Gasteiger partial charge >= 0.3 is 7.82 Å². The van der Waals surface area contributed by atoms with Crippen LogP contribution in [0.5, 0.6) is 0 Å². The van der Waals surface area contributed by atoms with Gasteiger partial charge in [-0.25, -0.2) is 4.57 Å². The number of nitrogens with zero attached hydrogens (tertiary/aromatic N) is 1. The van der Waals surface area contributed by atoms with Crippen LogP contribution in [-0.4, -0.2) is 48.2 Å². The van der Waals surface area contributed by atoms with Gasteiger partial charge in [0.05, 0.1) is 14.1 Å². The van der Waals surface area contributed by atoms with Crippen LogP contribution in [0, 0.1) is 0 Å². The van der Waals surface area contributed by atoms with Gasteiger partial charge in [-0.2, -0.15) is 0 Å². The molecule has 0 atom stereocenters. The first-order valence-electron chi connectivity index (χ1n) is 3.49. The van der Waals surface area contributed by atoms with Gasteiger partial charge in [-0.3, -0.25) is 10.3 Å². The molecule has 0 fully saturated rings. The highest BCUT2D eigenvalue weighted by Gasteiger charge is 2.17. The van der Waals surface area contributed by atoms with E-state index >= 15 is 0 Å². The van der Waals surface area contributed by atoms with Crippen molar-refractivity contribution >= 4 is 7.82 Å². The number of phosphoric ester groups is 1. The monoisotopic (exact) mass is 199 g/mol. The average molecular weight is 199 g/mol. The number of phosphoric acid groups is 1. The molecule has 0 aromatic heterocycles. The third-order valence-corrected chi connectivity index (χ3v) is 1.97. The van der Waals surface area contributed by atoms with Crippen molar-refractivity contribution in [3.05, 3.63) is 0 Å². The fourth-order valence-electron chi connectivity index (χ4n) is 0.498. The summed E-state index contributed by atoms with van der Waals surface area (Å²) in [6.07, 6.45) is 0. The third-order valence-electron chi connectivity index (χ3n) is 1.45. The minimum atomic E-state index is -4.31. The Morgan fingerprint density at radius 3 is 2.33 bits per heavy atom. The van der Waals surface area contributed by atoms with Gasteiger partial charge in [0.1, 0.15) is 19.8 Å². The number of quaternary nitrogens is 1. The summed E-state index contributed by atoms with van der Waals surface area (Å²) in [5, 5.41) is 0. The third kappa shape index (κ3) is 6.72. The molecule has 0 unspecified atom stereocenters. The van der Waals surface area contributed by atoms with Gasteiger partial charge in [-0.15, -0.1) is 0 Å². The largest absolute Gasteiger partial charge is 0.469 e. The fourth-order valence-corrected chi connectivity index (χ4v) is 0.818. The van der Waals surface area contributed by atoms with Crippen molar-refractivity contribution in [2.45, 2.75) is 0 Å². The first kappa shape index (κ1) is 12.0. The van der Waals surface area contributed by atoms with Crippen LogP contribution in [0.15, 0.2) is 0 Å². The second kappa shape index (κ2) is 4.32. The average Bonchev–Trinajstić information content (AvgIpc) is 1.84. The van der Waals surface area contributed by atoms with Crippen LogP contribution < -0.4 is 5.73 Å². The summed E-state index contributed by atoms with van der Waals surface area (Å²) >= 11 is 0. The van der Waals surface area contributed by atoms with E-state index in [4.69, 9.17) is 15.5 Å². The van der Waals surface area contributed by atoms with Gasteiger partial charge in [0.2, 0.25) is 0 Å². The summed E-state index contributed by atoms with van der Waals surface area (Å²) in [6.45, 7) is 0.889. The highest BCUT2D eigenvalue weighted by Crippen LogP contribution is 2.35. The second-order valence-electron chi connectivity index (χ2n) is 3.17. The number of nitrogens with two attached hydrogens (primary N) is 1. The number of rotatable bonds is 5. The Morgan fingerprint density at radius 2 is 2.00 bits per heavy atom. The molecule has 0 heterocycles. The fraction of sp³-hybridized carbons (Fsp3) is 1.00. The lowest BCUT2D eigenvalue weighted by atomic mass is 10.5. The van der Waals surface area contributed by atoms with Crippen molar-refractivity contribution in [2.24, 2.45) is 5.73 Å². The van der Waals surface area contributed by atoms with Crippen molar-refractivity contribution < 1.29 is 23.4 Å². The molecule has 0 spiro atoms. The number of likely N-dealkylation sites (N-methyl/N-ethyl adjacent to an activating group) is 1. The van der Waals surface area contributed by atoms with Gasteiger partial charge in [0.15, 0.2) is 0 Å². The maximum atomic E-state index is 10.2. The first-order chi connectivity index (χ1) is 5.27. The molecule has 0 aromatic carbocycles. The molecule has 0 aliphatic carbocycles. The van der Waals surface area contributed by atoms with E-state index in [0.717, 1.165) is 0 Å². The van der Waals surface area contributed by atoms with Crippen LogP contribution in [0.1, 0.15) is 0 Å². The zero-order valence-electron chi connectivity index (χ0n) is 7.30. The molecule has 4 N–H and O–H groups in total. The molecule has 0 aliphatic rings. The molecule has 0 amide bonds. The Balaban J connectivity index is 3.64. The molecule has 0 saturated heterocycles. The maximum absolute atomic E-state index is 10.2. The normalized spacial score (nSPS) is 13.4. The van der Waals surface area contributed by atoms with Gasteiger partial charge in [0.25, 0.3) is 0 Å². The SMILES string of the molecule is C[N+](C)(CN)CCOP(=O)(O)O. The zero-order valence-corrected chi connectivity index (χ0v) is 8.20. The Morgan fingerprint density at radius 1 is 1.50 bits per heavy atom. The van der Waals surface area contributed by atoms with Crippen molar-refractivity contribution in [2.75, 3.05) is 33.9 Å². The van der Waals surface area contributed by atoms with Gasteiger partial charge in [-0.05, 0) is 0 Å². The zero-order chi connectivity index (χ0) is 9.83. The molecule has 0 rings (SSSR count). The van der Waals surface area contributed by atoms with E-state index in [2.05, 4.69) is 4.52 Å². The van der Waals surface area contributed by atoms with E-state index in [1.54, 1.807) is 0 Å². The van der Waals surface area contributed by atoms with Crippen LogP contribution in [0.2, 0.25) is 0 Å². The van der Waals surface area contributed by atoms with Crippen LogP contribution in [0.25, 0.3) is 0 Å². The number of hydrogen-bond donors (Lipinski definition) is 3. The summed E-state index contributed by atoms with van der Waals surface area (Å²) in [5.41, 5.74) is 5.38. The van der Waals surface area contributed by atoms with Gasteiger partial charge in [0, 0.05) is 0 Å². The van der Waals surface area contributed by atoms with Crippen molar-refractivity contribution in [1.82, 2.24) is 0 Å². The molecule has 0 bridgehead atoms. The lowest BCUT2D eigenvalue weighted by Crippen LogP contribution is -2.46. The van der Waals surface area contributed by atoms with Crippen molar-refractivity contribution in [3.63, 3.8) is 0 Å². The Kier molecular flexibility index (Phi) is 4.33. The molecule has 12 heavy (non-hydrogen) atoms. The Hall–Kier alpha value is 0.0300. The van der Waals surface area contributed by atoms with E-state index in [9.17, 15) is 4.57 Å². The van der Waals surface area contributed by atoms with E-state index in [-0.39, 0.29) is 6.61 Å². The van der Waals surface area contributed by atoms with E-state index in [1.165, 1.54) is 0 Å². The van der Waals surface area contributed by atoms with E-state index < -0.39 is 7.82 Å². The van der Waals surface area contributed by atoms with Gasteiger partial charge < -0.3 is 14.3 Å². The molecule has 74 valence electrons. The summed E-state index contributed by atoms with van der Waals surface area (Å²) in [5.74, 6) is 0. The Labute approximate surface area is 71.8 Å². The highest BCUT2D eigenvalue weighted by atomic mass is 31.2. The van der Waals surface area contributed by atoms with Crippen LogP contribution in [0.4, 0.5) is 0 Å². The van der Waals surface area contributed by atoms with Crippen LogP contribution >= 0.6 is 7.82 Å². The van der Waals surface area contributed by atoms with E-state index in [1.807, 2.05) is 14.1 Å². The summed E-state index contributed by atoms with van der Waals surface area (Å²) < 4.78 is 15.0. The summed E-state index contributed by atoms with van der Waals surface area (Å²) in [4.78, 5) is 16.7. The van der Waals surface area contributed by atoms with Crippen LogP contribution in [0.3, 0.4) is 0 Å². The topological polar surface area (TPSA) is 92.8 Å². The van der Waals surface area contributed by atoms with Crippen molar-refractivity contribution in [3.8, 4) is 0 Å². The van der Waals surface area contributed by atoms with E-state index in [0.29, 0.717) is 17.7 Å². The molecule has 7 heteroatoms. The van der Waals surface area contributed by atoms with Crippen molar-refractivity contribution in [1.29, 1.82) is 0 Å². The summed E-state index contributed by atoms with van der Waals surface area (Å²) in [6, 6.07) is 0.